The summed E-state index contributed by atoms with van der Waals surface area (Å²) >= 11 is 1.66. The Morgan fingerprint density at radius 3 is 3.14 bits per heavy atom. The van der Waals surface area contributed by atoms with E-state index in [0.717, 1.165) is 41.2 Å². The van der Waals surface area contributed by atoms with Crippen LogP contribution in [0, 0.1) is 6.92 Å². The van der Waals surface area contributed by atoms with Gasteiger partial charge < -0.3 is 4.74 Å². The van der Waals surface area contributed by atoms with Gasteiger partial charge in [0.25, 0.3) is 0 Å². The second kappa shape index (κ2) is 5.93. The molecule has 1 unspecified atom stereocenters. The highest BCUT2D eigenvalue weighted by Crippen LogP contribution is 2.38. The summed E-state index contributed by atoms with van der Waals surface area (Å²) in [5.74, 6) is -0.351. The number of carbonyl (C=O) groups excluding carboxylic acids is 1. The van der Waals surface area contributed by atoms with Gasteiger partial charge in [-0.05, 0) is 44.7 Å². The van der Waals surface area contributed by atoms with E-state index in [9.17, 15) is 4.79 Å². The normalized spacial score (nSPS) is 17.3. The van der Waals surface area contributed by atoms with Crippen molar-refractivity contribution < 1.29 is 9.53 Å². The SMILES string of the molecule is CCOC(=O)C1CCCc2sc(-c3ncccc3C)nc21. The van der Waals surface area contributed by atoms with Crippen molar-refractivity contribution in [1.82, 2.24) is 9.97 Å². The Balaban J connectivity index is 1.98. The Hall–Kier alpha value is -1.75. The highest BCUT2D eigenvalue weighted by Gasteiger charge is 2.31. The minimum absolute atomic E-state index is 0.145. The van der Waals surface area contributed by atoms with Crippen molar-refractivity contribution in [1.29, 1.82) is 0 Å². The molecule has 0 spiro atoms. The minimum Gasteiger partial charge on any atom is -0.465 e. The number of fused-ring (bicyclic) bond motifs is 1. The van der Waals surface area contributed by atoms with Gasteiger partial charge in [0.1, 0.15) is 16.6 Å². The van der Waals surface area contributed by atoms with Crippen LogP contribution < -0.4 is 0 Å². The number of aromatic nitrogens is 2. The molecule has 0 N–H and O–H groups in total. The van der Waals surface area contributed by atoms with Crippen LogP contribution in [0.1, 0.15) is 41.8 Å². The zero-order chi connectivity index (χ0) is 14.8. The number of thiazole rings is 1. The van der Waals surface area contributed by atoms with Crippen LogP contribution in [0.25, 0.3) is 10.7 Å². The number of carbonyl (C=O) groups is 1. The van der Waals surface area contributed by atoms with Crippen molar-refractivity contribution in [2.45, 2.75) is 39.0 Å². The van der Waals surface area contributed by atoms with E-state index in [2.05, 4.69) is 4.98 Å². The van der Waals surface area contributed by atoms with E-state index in [4.69, 9.17) is 9.72 Å². The van der Waals surface area contributed by atoms with Crippen LogP contribution in [0.4, 0.5) is 0 Å². The number of aryl methyl sites for hydroxylation is 2. The fourth-order valence-corrected chi connectivity index (χ4v) is 3.93. The molecule has 1 atom stereocenters. The second-order valence-electron chi connectivity index (χ2n) is 5.19. The van der Waals surface area contributed by atoms with E-state index >= 15 is 0 Å². The van der Waals surface area contributed by atoms with Gasteiger partial charge in [0.15, 0.2) is 0 Å². The van der Waals surface area contributed by atoms with Gasteiger partial charge in [-0.25, -0.2) is 4.98 Å². The zero-order valence-corrected chi connectivity index (χ0v) is 13.1. The van der Waals surface area contributed by atoms with Crippen LogP contribution in [0.5, 0.6) is 0 Å². The number of pyridine rings is 1. The Morgan fingerprint density at radius 1 is 1.52 bits per heavy atom. The van der Waals surface area contributed by atoms with E-state index in [0.29, 0.717) is 6.61 Å². The molecule has 0 aliphatic heterocycles. The quantitative estimate of drug-likeness (QED) is 0.814. The predicted molar refractivity (Wildman–Crippen MR) is 82.4 cm³/mol. The van der Waals surface area contributed by atoms with Gasteiger partial charge in [-0.15, -0.1) is 11.3 Å². The zero-order valence-electron chi connectivity index (χ0n) is 12.3. The summed E-state index contributed by atoms with van der Waals surface area (Å²) in [5.41, 5.74) is 2.93. The second-order valence-corrected chi connectivity index (χ2v) is 6.28. The molecule has 0 fully saturated rings. The van der Waals surface area contributed by atoms with Crippen molar-refractivity contribution in [3.8, 4) is 10.7 Å². The number of rotatable bonds is 3. The first-order valence-corrected chi connectivity index (χ1v) is 8.10. The van der Waals surface area contributed by atoms with Gasteiger partial charge >= 0.3 is 5.97 Å². The standard InChI is InChI=1S/C16H18N2O2S/c1-3-20-16(19)11-7-4-8-12-14(11)18-15(21-12)13-10(2)6-5-9-17-13/h5-6,9,11H,3-4,7-8H2,1-2H3. The van der Waals surface area contributed by atoms with Crippen LogP contribution in [0.2, 0.25) is 0 Å². The molecule has 2 heterocycles. The average molecular weight is 302 g/mol. The first-order valence-electron chi connectivity index (χ1n) is 7.29. The lowest BCUT2D eigenvalue weighted by molar-refractivity contribution is -0.145. The number of ether oxygens (including phenoxy) is 1. The lowest BCUT2D eigenvalue weighted by atomic mass is 9.91. The van der Waals surface area contributed by atoms with Crippen LogP contribution in [0.3, 0.4) is 0 Å². The molecule has 0 saturated carbocycles. The summed E-state index contributed by atoms with van der Waals surface area (Å²) in [5, 5.41) is 0.911. The Kier molecular flexibility index (Phi) is 4.01. The number of hydrogen-bond donors (Lipinski definition) is 0. The van der Waals surface area contributed by atoms with E-state index in [1.165, 1.54) is 4.88 Å². The molecule has 1 aliphatic carbocycles. The van der Waals surface area contributed by atoms with Gasteiger partial charge in [-0.3, -0.25) is 9.78 Å². The van der Waals surface area contributed by atoms with E-state index in [-0.39, 0.29) is 11.9 Å². The van der Waals surface area contributed by atoms with Crippen LogP contribution >= 0.6 is 11.3 Å². The third-order valence-corrected chi connectivity index (χ3v) is 4.88. The molecule has 0 amide bonds. The van der Waals surface area contributed by atoms with Crippen LogP contribution in [-0.4, -0.2) is 22.5 Å². The van der Waals surface area contributed by atoms with E-state index in [1.54, 1.807) is 17.5 Å². The molecular formula is C16H18N2O2S. The summed E-state index contributed by atoms with van der Waals surface area (Å²) < 4.78 is 5.19. The Bertz CT molecular complexity index is 666. The molecule has 2 aromatic rings. The number of esters is 1. The summed E-state index contributed by atoms with van der Waals surface area (Å²) in [6, 6.07) is 3.96. The summed E-state index contributed by atoms with van der Waals surface area (Å²) in [7, 11) is 0. The molecule has 4 nitrogen and oxygen atoms in total. The van der Waals surface area contributed by atoms with Crippen LogP contribution in [0.15, 0.2) is 18.3 Å². The first-order chi connectivity index (χ1) is 10.2. The topological polar surface area (TPSA) is 52.1 Å². The maximum absolute atomic E-state index is 12.1. The fourth-order valence-electron chi connectivity index (χ4n) is 2.70. The van der Waals surface area contributed by atoms with Gasteiger partial charge in [-0.1, -0.05) is 6.07 Å². The Labute approximate surface area is 128 Å². The van der Waals surface area contributed by atoms with E-state index in [1.807, 2.05) is 26.0 Å². The molecule has 2 aromatic heterocycles. The maximum Gasteiger partial charge on any atom is 0.315 e. The fraction of sp³-hybridized carbons (Fsp3) is 0.438. The summed E-state index contributed by atoms with van der Waals surface area (Å²) in [6.45, 7) is 4.29. The van der Waals surface area contributed by atoms with Crippen molar-refractivity contribution in [3.63, 3.8) is 0 Å². The number of hydrogen-bond acceptors (Lipinski definition) is 5. The highest BCUT2D eigenvalue weighted by atomic mass is 32.1. The maximum atomic E-state index is 12.1. The molecule has 21 heavy (non-hydrogen) atoms. The van der Waals surface area contributed by atoms with Gasteiger partial charge in [0.2, 0.25) is 0 Å². The monoisotopic (exact) mass is 302 g/mol. The van der Waals surface area contributed by atoms with Crippen molar-refractivity contribution in [2.24, 2.45) is 0 Å². The minimum atomic E-state index is -0.206. The molecule has 0 saturated heterocycles. The lowest BCUT2D eigenvalue weighted by Crippen LogP contribution is -2.20. The van der Waals surface area contributed by atoms with Crippen molar-refractivity contribution >= 4 is 17.3 Å². The third kappa shape index (κ3) is 2.70. The summed E-state index contributed by atoms with van der Waals surface area (Å²) in [6.07, 6.45) is 4.62. The van der Waals surface area contributed by atoms with Gasteiger partial charge in [-0.2, -0.15) is 0 Å². The number of nitrogens with zero attached hydrogens (tertiary/aromatic N) is 2. The molecule has 0 radical (unpaired) electrons. The predicted octanol–water partition coefficient (Wildman–Crippen LogP) is 3.50. The average Bonchev–Trinajstić information content (AvgIpc) is 2.91. The smallest absolute Gasteiger partial charge is 0.315 e. The molecule has 0 aromatic carbocycles. The van der Waals surface area contributed by atoms with Crippen LogP contribution in [-0.2, 0) is 16.0 Å². The van der Waals surface area contributed by atoms with Crippen molar-refractivity contribution in [3.05, 3.63) is 34.5 Å². The molecular weight excluding hydrogens is 284 g/mol. The molecule has 1 aliphatic rings. The first kappa shape index (κ1) is 14.2. The highest BCUT2D eigenvalue weighted by molar-refractivity contribution is 7.15. The van der Waals surface area contributed by atoms with Crippen molar-refractivity contribution in [2.75, 3.05) is 6.61 Å². The third-order valence-electron chi connectivity index (χ3n) is 3.74. The molecule has 5 heteroatoms. The van der Waals surface area contributed by atoms with Gasteiger partial charge in [0, 0.05) is 11.1 Å². The Morgan fingerprint density at radius 2 is 2.38 bits per heavy atom. The van der Waals surface area contributed by atoms with Gasteiger partial charge in [0.05, 0.1) is 12.3 Å². The summed E-state index contributed by atoms with van der Waals surface area (Å²) in [4.78, 5) is 22.5. The molecule has 3 rings (SSSR count). The molecule has 110 valence electrons. The van der Waals surface area contributed by atoms with E-state index < -0.39 is 0 Å². The largest absolute Gasteiger partial charge is 0.465 e. The lowest BCUT2D eigenvalue weighted by Gasteiger charge is -2.19. The molecule has 0 bridgehead atoms.